The standard InChI is InChI=1S/C9H16N2O2.HI/c1-2-13-9(12)10-8-11-6-4-3-5-7-11;/h8H,2-7H2,1H3;1H/b10-8+;. The molecule has 1 rings (SSSR count). The number of hydrogen-bond donors (Lipinski definition) is 0. The molecule has 0 aromatic rings. The number of halogens is 1. The molecule has 0 spiro atoms. The number of carbonyl (C=O) groups is 1. The quantitative estimate of drug-likeness (QED) is 0.446. The van der Waals surface area contributed by atoms with Crippen molar-refractivity contribution in [3.8, 4) is 0 Å². The predicted molar refractivity (Wildman–Crippen MR) is 66.4 cm³/mol. The molecule has 0 bridgehead atoms. The number of carbonyl (C=O) groups excluding carboxylic acids is 1. The van der Waals surface area contributed by atoms with Crippen LogP contribution in [0, 0.1) is 0 Å². The van der Waals surface area contributed by atoms with Gasteiger partial charge in [0.15, 0.2) is 0 Å². The van der Waals surface area contributed by atoms with Crippen molar-refractivity contribution in [3.05, 3.63) is 0 Å². The van der Waals surface area contributed by atoms with Crippen molar-refractivity contribution in [2.45, 2.75) is 26.2 Å². The Morgan fingerprint density at radius 1 is 1.43 bits per heavy atom. The zero-order valence-electron chi connectivity index (χ0n) is 8.44. The van der Waals surface area contributed by atoms with Gasteiger partial charge in [-0.3, -0.25) is 0 Å². The molecule has 1 saturated heterocycles. The lowest BCUT2D eigenvalue weighted by molar-refractivity contribution is 0.163. The zero-order valence-corrected chi connectivity index (χ0v) is 10.8. The van der Waals surface area contributed by atoms with Gasteiger partial charge in [0.2, 0.25) is 0 Å². The van der Waals surface area contributed by atoms with E-state index in [2.05, 4.69) is 14.6 Å². The molecule has 0 N–H and O–H groups in total. The summed E-state index contributed by atoms with van der Waals surface area (Å²) in [6.45, 7) is 4.16. The number of piperidine rings is 1. The van der Waals surface area contributed by atoms with Crippen molar-refractivity contribution in [2.24, 2.45) is 4.99 Å². The molecule has 1 aliphatic heterocycles. The smallest absolute Gasteiger partial charge is 0.434 e. The number of hydrogen-bond acceptors (Lipinski definition) is 2. The molecule has 0 radical (unpaired) electrons. The van der Waals surface area contributed by atoms with Crippen molar-refractivity contribution in [3.63, 3.8) is 0 Å². The fraction of sp³-hybridized carbons (Fsp3) is 0.778. The van der Waals surface area contributed by atoms with Gasteiger partial charge in [0, 0.05) is 13.1 Å². The number of nitrogens with zero attached hydrogens (tertiary/aromatic N) is 2. The van der Waals surface area contributed by atoms with Crippen molar-refractivity contribution in [2.75, 3.05) is 19.7 Å². The van der Waals surface area contributed by atoms with E-state index in [0.29, 0.717) is 6.61 Å². The number of amides is 1. The van der Waals surface area contributed by atoms with E-state index < -0.39 is 6.09 Å². The molecule has 0 unspecified atom stereocenters. The van der Waals surface area contributed by atoms with Gasteiger partial charge in [-0.1, -0.05) is 0 Å². The Balaban J connectivity index is 0.00000169. The van der Waals surface area contributed by atoms with E-state index in [0.717, 1.165) is 13.1 Å². The van der Waals surface area contributed by atoms with Crippen molar-refractivity contribution in [1.29, 1.82) is 0 Å². The summed E-state index contributed by atoms with van der Waals surface area (Å²) in [7, 11) is 0. The van der Waals surface area contributed by atoms with Crippen LogP contribution in [0.4, 0.5) is 4.79 Å². The van der Waals surface area contributed by atoms with Crippen molar-refractivity contribution < 1.29 is 9.53 Å². The fourth-order valence-corrected chi connectivity index (χ4v) is 1.32. The first-order valence-electron chi connectivity index (χ1n) is 4.78. The summed E-state index contributed by atoms with van der Waals surface area (Å²) in [5, 5.41) is 0. The van der Waals surface area contributed by atoms with Gasteiger partial charge >= 0.3 is 6.09 Å². The molecule has 1 aliphatic rings. The summed E-state index contributed by atoms with van der Waals surface area (Å²) >= 11 is 0. The van der Waals surface area contributed by atoms with Gasteiger partial charge in [0.1, 0.15) is 0 Å². The maximum atomic E-state index is 10.8. The number of rotatable bonds is 2. The van der Waals surface area contributed by atoms with Gasteiger partial charge in [-0.2, -0.15) is 4.99 Å². The first-order chi connectivity index (χ1) is 6.33. The number of likely N-dealkylation sites (tertiary alicyclic amines) is 1. The lowest BCUT2D eigenvalue weighted by Crippen LogP contribution is -2.28. The van der Waals surface area contributed by atoms with Crippen LogP contribution in [0.1, 0.15) is 26.2 Å². The summed E-state index contributed by atoms with van der Waals surface area (Å²) in [5.41, 5.74) is 0. The van der Waals surface area contributed by atoms with E-state index in [4.69, 9.17) is 0 Å². The van der Waals surface area contributed by atoms with Gasteiger partial charge in [-0.05, 0) is 26.2 Å². The lowest BCUT2D eigenvalue weighted by Gasteiger charge is -2.23. The first-order valence-corrected chi connectivity index (χ1v) is 4.78. The van der Waals surface area contributed by atoms with E-state index in [-0.39, 0.29) is 24.0 Å². The Kier molecular flexibility index (Phi) is 7.83. The van der Waals surface area contributed by atoms with Crippen molar-refractivity contribution in [1.82, 2.24) is 4.90 Å². The molecule has 5 heteroatoms. The molecular weight excluding hydrogens is 295 g/mol. The number of aliphatic imine (C=N–C) groups is 1. The third-order valence-electron chi connectivity index (χ3n) is 1.98. The van der Waals surface area contributed by atoms with Crippen LogP contribution < -0.4 is 0 Å². The fourth-order valence-electron chi connectivity index (χ4n) is 1.32. The molecule has 1 amide bonds. The zero-order chi connectivity index (χ0) is 9.52. The minimum absolute atomic E-state index is 0. The van der Waals surface area contributed by atoms with Crippen LogP contribution in [0.25, 0.3) is 0 Å². The average Bonchev–Trinajstić information content (AvgIpc) is 2.17. The second-order valence-corrected chi connectivity index (χ2v) is 3.04. The lowest BCUT2D eigenvalue weighted by atomic mass is 10.1. The molecule has 14 heavy (non-hydrogen) atoms. The third kappa shape index (κ3) is 5.41. The van der Waals surface area contributed by atoms with Crippen LogP contribution in [0.15, 0.2) is 4.99 Å². The molecule has 0 aromatic carbocycles. The van der Waals surface area contributed by atoms with Gasteiger partial charge in [-0.15, -0.1) is 24.0 Å². The van der Waals surface area contributed by atoms with Gasteiger partial charge in [0.25, 0.3) is 0 Å². The first kappa shape index (κ1) is 13.7. The molecule has 0 aromatic heterocycles. The van der Waals surface area contributed by atoms with E-state index in [1.165, 1.54) is 19.3 Å². The summed E-state index contributed by atoms with van der Waals surface area (Å²) in [6.07, 6.45) is 4.76. The molecule has 1 fully saturated rings. The van der Waals surface area contributed by atoms with Crippen LogP contribution in [-0.2, 0) is 4.74 Å². The molecule has 0 atom stereocenters. The van der Waals surface area contributed by atoms with E-state index in [1.54, 1.807) is 13.3 Å². The average molecular weight is 312 g/mol. The summed E-state index contributed by atoms with van der Waals surface area (Å²) in [5.74, 6) is 0. The maximum absolute atomic E-state index is 10.8. The Bertz CT molecular complexity index is 191. The monoisotopic (exact) mass is 312 g/mol. The maximum Gasteiger partial charge on any atom is 0.434 e. The van der Waals surface area contributed by atoms with Crippen LogP contribution >= 0.6 is 24.0 Å². The topological polar surface area (TPSA) is 41.9 Å². The highest BCUT2D eigenvalue weighted by Crippen LogP contribution is 2.06. The van der Waals surface area contributed by atoms with Gasteiger partial charge < -0.3 is 9.64 Å². The Labute approximate surface area is 102 Å². The van der Waals surface area contributed by atoms with Crippen LogP contribution in [0.2, 0.25) is 0 Å². The molecule has 4 nitrogen and oxygen atoms in total. The second-order valence-electron chi connectivity index (χ2n) is 3.04. The highest BCUT2D eigenvalue weighted by atomic mass is 127. The van der Waals surface area contributed by atoms with Gasteiger partial charge in [0.05, 0.1) is 12.9 Å². The molecule has 0 saturated carbocycles. The third-order valence-corrected chi connectivity index (χ3v) is 1.98. The number of ether oxygens (including phenoxy) is 1. The molecule has 82 valence electrons. The van der Waals surface area contributed by atoms with Crippen LogP contribution in [0.3, 0.4) is 0 Å². The SMILES string of the molecule is CCOC(=O)/N=C/N1CCCCC1.I. The van der Waals surface area contributed by atoms with Crippen LogP contribution in [-0.4, -0.2) is 37.0 Å². The molecule has 0 aliphatic carbocycles. The normalized spacial score (nSPS) is 16.5. The summed E-state index contributed by atoms with van der Waals surface area (Å²) < 4.78 is 4.67. The van der Waals surface area contributed by atoms with E-state index in [1.807, 2.05) is 0 Å². The highest BCUT2D eigenvalue weighted by Gasteiger charge is 2.06. The summed E-state index contributed by atoms with van der Waals surface area (Å²) in [4.78, 5) is 16.6. The summed E-state index contributed by atoms with van der Waals surface area (Å²) in [6, 6.07) is 0. The molecular formula is C9H17IN2O2. The Hall–Kier alpha value is -0.330. The Morgan fingerprint density at radius 2 is 2.07 bits per heavy atom. The van der Waals surface area contributed by atoms with E-state index in [9.17, 15) is 4.79 Å². The van der Waals surface area contributed by atoms with Crippen molar-refractivity contribution >= 4 is 36.4 Å². The van der Waals surface area contributed by atoms with Gasteiger partial charge in [-0.25, -0.2) is 4.79 Å². The largest absolute Gasteiger partial charge is 0.448 e. The minimum Gasteiger partial charge on any atom is -0.448 e. The van der Waals surface area contributed by atoms with Crippen LogP contribution in [0.5, 0.6) is 0 Å². The Morgan fingerprint density at radius 3 is 2.64 bits per heavy atom. The minimum atomic E-state index is -0.493. The predicted octanol–water partition coefficient (Wildman–Crippen LogP) is 2.28. The van der Waals surface area contributed by atoms with E-state index >= 15 is 0 Å². The highest BCUT2D eigenvalue weighted by molar-refractivity contribution is 14.0. The second kappa shape index (κ2) is 8.02. The molecule has 1 heterocycles.